The Bertz CT molecular complexity index is 1160. The van der Waals surface area contributed by atoms with E-state index in [1.54, 1.807) is 40.7 Å². The highest BCUT2D eigenvalue weighted by atomic mass is 16.6. The fourth-order valence-electron chi connectivity index (χ4n) is 7.77. The minimum absolute atomic E-state index is 0.230. The number of Topliss-reactive ketones (excluding diaryl/α,β-unsaturated/α-hetero) is 1. The molecule has 1 saturated carbocycles. The number of allylic oxidation sites excluding steroid dienone is 2. The van der Waals surface area contributed by atoms with Gasteiger partial charge in [0.1, 0.15) is 11.7 Å². The van der Waals surface area contributed by atoms with Gasteiger partial charge in [-0.05, 0) is 57.3 Å². The van der Waals surface area contributed by atoms with E-state index in [9.17, 15) is 29.7 Å². The van der Waals surface area contributed by atoms with Gasteiger partial charge in [-0.3, -0.25) is 9.59 Å². The zero-order valence-electron chi connectivity index (χ0n) is 27.5. The van der Waals surface area contributed by atoms with Gasteiger partial charge in [0.25, 0.3) is 0 Å². The van der Waals surface area contributed by atoms with E-state index in [0.717, 1.165) is 19.3 Å². The monoisotopic (exact) mass is 602 g/mol. The van der Waals surface area contributed by atoms with Crippen molar-refractivity contribution in [1.29, 1.82) is 0 Å². The molecule has 3 rings (SSSR count). The minimum Gasteiger partial charge on any atom is -0.455 e. The molecule has 0 saturated heterocycles. The highest BCUT2D eigenvalue weighted by molar-refractivity contribution is 6.06. The second kappa shape index (κ2) is 13.4. The van der Waals surface area contributed by atoms with Crippen LogP contribution < -0.4 is 0 Å². The van der Waals surface area contributed by atoms with E-state index in [4.69, 9.17) is 9.47 Å². The lowest BCUT2D eigenvalue weighted by Gasteiger charge is -2.61. The topological polar surface area (TPSA) is 130 Å². The number of esters is 2. The van der Waals surface area contributed by atoms with E-state index in [1.807, 2.05) is 19.9 Å². The van der Waals surface area contributed by atoms with E-state index in [-0.39, 0.29) is 24.4 Å². The van der Waals surface area contributed by atoms with Gasteiger partial charge in [-0.1, -0.05) is 78.4 Å². The molecule has 0 aromatic heterocycles. The third-order valence-corrected chi connectivity index (χ3v) is 10.8. The number of carbonyl (C=O) groups excluding carboxylic acids is 3. The summed E-state index contributed by atoms with van der Waals surface area (Å²) in [5.74, 6) is -3.58. The van der Waals surface area contributed by atoms with Crippen molar-refractivity contribution >= 4 is 17.7 Å². The molecule has 0 radical (unpaired) electrons. The lowest BCUT2D eigenvalue weighted by atomic mass is 9.48. The highest BCUT2D eigenvalue weighted by Crippen LogP contribution is 2.63. The Balaban J connectivity index is 2.06. The lowest BCUT2D eigenvalue weighted by Crippen LogP contribution is -2.72. The number of rotatable bonds is 12. The molecule has 1 unspecified atom stereocenters. The molecule has 3 aliphatic rings. The number of aliphatic hydroxyl groups is 3. The van der Waals surface area contributed by atoms with Crippen molar-refractivity contribution in [2.24, 2.45) is 23.2 Å². The summed E-state index contributed by atoms with van der Waals surface area (Å²) in [7, 11) is 0. The van der Waals surface area contributed by atoms with Gasteiger partial charge in [0, 0.05) is 35.7 Å². The van der Waals surface area contributed by atoms with Crippen molar-refractivity contribution in [3.05, 3.63) is 34.9 Å². The number of aliphatic hydroxyl groups excluding tert-OH is 1. The SMILES string of the molecule is C/C=C(\C)C(=O)O[C@@H]1[C@@H](C)C2[C@@H](C=C(CO)C[C@]3(O)C(=O)C(C)=C[C@@]23O)C(C)(C)[C@]1(C)OC(=O)CCCCCCCCC. The highest BCUT2D eigenvalue weighted by Gasteiger charge is 2.72. The van der Waals surface area contributed by atoms with Gasteiger partial charge in [0.2, 0.25) is 0 Å². The van der Waals surface area contributed by atoms with Crippen molar-refractivity contribution in [3.63, 3.8) is 0 Å². The molecule has 43 heavy (non-hydrogen) atoms. The van der Waals surface area contributed by atoms with Crippen LogP contribution in [0.15, 0.2) is 34.9 Å². The minimum atomic E-state index is -2.19. The average molecular weight is 603 g/mol. The van der Waals surface area contributed by atoms with Crippen LogP contribution in [0.2, 0.25) is 0 Å². The fourth-order valence-corrected chi connectivity index (χ4v) is 7.77. The van der Waals surface area contributed by atoms with Crippen molar-refractivity contribution in [1.82, 2.24) is 0 Å². The fraction of sp³-hybridized carbons (Fsp3) is 0.743. The Hall–Kier alpha value is -2.29. The zero-order valence-corrected chi connectivity index (χ0v) is 27.5. The molecule has 0 heterocycles. The Morgan fingerprint density at radius 1 is 1.07 bits per heavy atom. The quantitative estimate of drug-likeness (QED) is 0.115. The first kappa shape index (κ1) is 35.2. The molecule has 7 atom stereocenters. The molecule has 0 amide bonds. The Labute approximate surface area is 257 Å². The maximum Gasteiger partial charge on any atom is 0.333 e. The van der Waals surface area contributed by atoms with Gasteiger partial charge in [0.05, 0.1) is 6.61 Å². The third kappa shape index (κ3) is 6.16. The van der Waals surface area contributed by atoms with Crippen LogP contribution in [-0.2, 0) is 23.9 Å². The number of ether oxygens (including phenoxy) is 2. The van der Waals surface area contributed by atoms with Crippen molar-refractivity contribution in [2.45, 2.75) is 136 Å². The van der Waals surface area contributed by atoms with Crippen LogP contribution in [0.4, 0.5) is 0 Å². The third-order valence-electron chi connectivity index (χ3n) is 10.8. The first-order chi connectivity index (χ1) is 20.0. The summed E-state index contributed by atoms with van der Waals surface area (Å²) in [6.07, 6.45) is 11.3. The first-order valence-electron chi connectivity index (χ1n) is 16.1. The molecule has 3 aliphatic carbocycles. The van der Waals surface area contributed by atoms with E-state index in [0.29, 0.717) is 17.6 Å². The Morgan fingerprint density at radius 2 is 1.67 bits per heavy atom. The maximum absolute atomic E-state index is 13.4. The second-order valence-corrected chi connectivity index (χ2v) is 13.9. The average Bonchev–Trinajstić information content (AvgIpc) is 3.05. The van der Waals surface area contributed by atoms with Crippen LogP contribution in [-0.4, -0.2) is 62.6 Å². The molecular weight excluding hydrogens is 548 g/mol. The number of hydrogen-bond donors (Lipinski definition) is 3. The van der Waals surface area contributed by atoms with Crippen molar-refractivity contribution in [3.8, 4) is 0 Å². The van der Waals surface area contributed by atoms with E-state index >= 15 is 0 Å². The molecule has 242 valence electrons. The van der Waals surface area contributed by atoms with E-state index in [1.165, 1.54) is 25.3 Å². The smallest absolute Gasteiger partial charge is 0.333 e. The molecule has 0 spiro atoms. The maximum atomic E-state index is 13.4. The molecule has 0 aromatic carbocycles. The lowest BCUT2D eigenvalue weighted by molar-refractivity contribution is -0.264. The zero-order chi connectivity index (χ0) is 32.4. The number of hydrogen-bond acceptors (Lipinski definition) is 8. The summed E-state index contributed by atoms with van der Waals surface area (Å²) in [5.41, 5.74) is -5.47. The van der Waals surface area contributed by atoms with Gasteiger partial charge < -0.3 is 24.8 Å². The number of carbonyl (C=O) groups is 3. The molecule has 1 fully saturated rings. The molecule has 8 nitrogen and oxygen atoms in total. The van der Waals surface area contributed by atoms with Gasteiger partial charge in [0.15, 0.2) is 17.0 Å². The summed E-state index contributed by atoms with van der Waals surface area (Å²) >= 11 is 0. The van der Waals surface area contributed by atoms with Crippen LogP contribution in [0.1, 0.15) is 113 Å². The summed E-state index contributed by atoms with van der Waals surface area (Å²) in [5, 5.41) is 34.5. The van der Waals surface area contributed by atoms with Crippen LogP contribution in [0.3, 0.4) is 0 Å². The Kier molecular flexibility index (Phi) is 10.9. The molecular formula is C35H54O8. The van der Waals surface area contributed by atoms with E-state index < -0.39 is 64.4 Å². The van der Waals surface area contributed by atoms with E-state index in [2.05, 4.69) is 6.92 Å². The summed E-state index contributed by atoms with van der Waals surface area (Å²) in [6, 6.07) is 0. The Morgan fingerprint density at radius 3 is 2.26 bits per heavy atom. The molecule has 8 heteroatoms. The second-order valence-electron chi connectivity index (χ2n) is 13.9. The first-order valence-corrected chi connectivity index (χ1v) is 16.1. The number of ketones is 1. The van der Waals surface area contributed by atoms with Gasteiger partial charge >= 0.3 is 11.9 Å². The predicted octanol–water partition coefficient (Wildman–Crippen LogP) is 5.53. The van der Waals surface area contributed by atoms with Crippen LogP contribution in [0, 0.1) is 23.2 Å². The van der Waals surface area contributed by atoms with Crippen molar-refractivity contribution < 1.29 is 39.2 Å². The standard InChI is InChI=1S/C35H54O8/c1-9-11-12-13-14-15-16-17-27(37)43-33(8)30(42-31(39)22(3)10-2)24(5)28-26(32(33,6)7)18-25(21-36)20-35(41)29(38)23(4)19-34(28,35)40/h10,18-19,24,26,28,30,36,40-41H,9,11-17,20-21H2,1-8H3/b22-10+/t24-,26+,28?,30+,33+,34+,35-/m0/s1. The van der Waals surface area contributed by atoms with Crippen molar-refractivity contribution in [2.75, 3.05) is 6.61 Å². The summed E-state index contributed by atoms with van der Waals surface area (Å²) in [4.78, 5) is 40.0. The van der Waals surface area contributed by atoms with Gasteiger partial charge in [-0.15, -0.1) is 0 Å². The number of unbranched alkanes of at least 4 members (excludes halogenated alkanes) is 6. The normalized spacial score (nSPS) is 35.3. The predicted molar refractivity (Wildman–Crippen MR) is 165 cm³/mol. The largest absolute Gasteiger partial charge is 0.455 e. The van der Waals surface area contributed by atoms with Gasteiger partial charge in [-0.2, -0.15) is 0 Å². The van der Waals surface area contributed by atoms with Crippen LogP contribution in [0.5, 0.6) is 0 Å². The number of fused-ring (bicyclic) bond motifs is 3. The van der Waals surface area contributed by atoms with Gasteiger partial charge in [-0.25, -0.2) is 4.79 Å². The summed E-state index contributed by atoms with van der Waals surface area (Å²) < 4.78 is 12.5. The molecule has 0 bridgehead atoms. The molecule has 0 aromatic rings. The molecule has 0 aliphatic heterocycles. The summed E-state index contributed by atoms with van der Waals surface area (Å²) in [6.45, 7) is 14.1. The molecule has 3 N–H and O–H groups in total. The van der Waals surface area contributed by atoms with Crippen LogP contribution >= 0.6 is 0 Å². The van der Waals surface area contributed by atoms with Crippen LogP contribution in [0.25, 0.3) is 0 Å².